The van der Waals surface area contributed by atoms with Gasteiger partial charge < -0.3 is 18.8 Å². The zero-order chi connectivity index (χ0) is 24.6. The summed E-state index contributed by atoms with van der Waals surface area (Å²) in [6.45, 7) is 0.795. The molecule has 0 N–H and O–H groups in total. The number of aromatic nitrogens is 2. The van der Waals surface area contributed by atoms with E-state index in [0.29, 0.717) is 54.2 Å². The first-order valence-electron chi connectivity index (χ1n) is 11.5. The van der Waals surface area contributed by atoms with Crippen LogP contribution in [0.1, 0.15) is 25.7 Å². The van der Waals surface area contributed by atoms with E-state index >= 15 is 0 Å². The minimum atomic E-state index is -0.551. The quantitative estimate of drug-likeness (QED) is 0.503. The van der Waals surface area contributed by atoms with Gasteiger partial charge in [0, 0.05) is 24.7 Å². The summed E-state index contributed by atoms with van der Waals surface area (Å²) in [5.74, 6) is 0.660. The number of fused-ring (bicyclic) bond motifs is 1. The number of hydrogen-bond acceptors (Lipinski definition) is 6. The number of anilines is 1. The van der Waals surface area contributed by atoms with E-state index in [4.69, 9.17) is 14.2 Å². The van der Waals surface area contributed by atoms with E-state index in [0.717, 1.165) is 19.0 Å². The van der Waals surface area contributed by atoms with E-state index in [1.807, 2.05) is 12.1 Å². The van der Waals surface area contributed by atoms with Crippen LogP contribution in [0.4, 0.5) is 14.9 Å². The summed E-state index contributed by atoms with van der Waals surface area (Å²) >= 11 is 0. The number of nitrogens with zero attached hydrogens (tertiary/aromatic N) is 3. The molecule has 1 saturated carbocycles. The second-order valence-corrected chi connectivity index (χ2v) is 8.88. The maximum atomic E-state index is 13.7. The van der Waals surface area contributed by atoms with Gasteiger partial charge in [-0.3, -0.25) is 14.7 Å². The Kier molecular flexibility index (Phi) is 5.92. The number of allylic oxidation sites excluding steroid dienone is 2. The molecule has 9 heteroatoms. The van der Waals surface area contributed by atoms with Crippen LogP contribution >= 0.6 is 0 Å². The van der Waals surface area contributed by atoms with Crippen LogP contribution in [0.5, 0.6) is 11.5 Å². The highest BCUT2D eigenvalue weighted by Gasteiger charge is 2.47. The number of rotatable bonds is 5. The van der Waals surface area contributed by atoms with Crippen molar-refractivity contribution in [2.75, 3.05) is 25.7 Å². The van der Waals surface area contributed by atoms with Crippen molar-refractivity contribution in [3.05, 3.63) is 70.4 Å². The van der Waals surface area contributed by atoms with Gasteiger partial charge >= 0.3 is 6.09 Å². The van der Waals surface area contributed by atoms with Crippen molar-refractivity contribution in [2.45, 2.75) is 37.8 Å². The molecule has 3 aromatic rings. The zero-order valence-corrected chi connectivity index (χ0v) is 19.6. The van der Waals surface area contributed by atoms with E-state index in [2.05, 4.69) is 4.98 Å². The summed E-state index contributed by atoms with van der Waals surface area (Å²) in [6.07, 6.45) is 5.66. The van der Waals surface area contributed by atoms with Crippen molar-refractivity contribution in [1.82, 2.24) is 9.55 Å². The van der Waals surface area contributed by atoms with Gasteiger partial charge in [-0.05, 0) is 43.9 Å². The molecule has 5 rings (SSSR count). The summed E-state index contributed by atoms with van der Waals surface area (Å²) in [7, 11) is 3.12. The lowest BCUT2D eigenvalue weighted by Crippen LogP contribution is -2.37. The summed E-state index contributed by atoms with van der Waals surface area (Å²) < 4.78 is 31.8. The van der Waals surface area contributed by atoms with Gasteiger partial charge in [0.2, 0.25) is 0 Å². The van der Waals surface area contributed by atoms with Crippen molar-refractivity contribution in [3.8, 4) is 11.5 Å². The number of pyridine rings is 2. The van der Waals surface area contributed by atoms with Crippen molar-refractivity contribution in [2.24, 2.45) is 0 Å². The predicted molar refractivity (Wildman–Crippen MR) is 129 cm³/mol. The summed E-state index contributed by atoms with van der Waals surface area (Å²) in [5.41, 5.74) is 2.16. The maximum absolute atomic E-state index is 13.7. The summed E-state index contributed by atoms with van der Waals surface area (Å²) in [6, 6.07) is 9.73. The molecule has 0 bridgehead atoms. The first-order valence-corrected chi connectivity index (χ1v) is 11.5. The molecule has 1 amide bonds. The van der Waals surface area contributed by atoms with Gasteiger partial charge in [0.25, 0.3) is 5.56 Å². The molecule has 1 spiro atoms. The molecule has 0 atom stereocenters. The number of carbonyl (C=O) groups excluding carboxylic acids is 1. The van der Waals surface area contributed by atoms with E-state index in [-0.39, 0.29) is 11.7 Å². The number of halogens is 1. The molecule has 0 unspecified atom stereocenters. The molecule has 2 aliphatic rings. The van der Waals surface area contributed by atoms with E-state index in [1.165, 1.54) is 22.3 Å². The molecule has 1 saturated heterocycles. The number of carbonyl (C=O) groups is 1. The molecule has 0 radical (unpaired) electrons. The van der Waals surface area contributed by atoms with E-state index < -0.39 is 11.4 Å². The molecule has 1 aliphatic heterocycles. The van der Waals surface area contributed by atoms with Gasteiger partial charge in [-0.25, -0.2) is 9.18 Å². The molecule has 1 aliphatic carbocycles. The molecular weight excluding hydrogens is 453 g/mol. The Morgan fingerprint density at radius 1 is 1.09 bits per heavy atom. The molecule has 3 heterocycles. The SMILES string of the molecule is COc1ccc(N2CC3(CCC(=CCn4c(=O)ccc5ncc(F)cc54)CC3)OC2=O)cc1OC. The number of hydrogen-bond donors (Lipinski definition) is 0. The smallest absolute Gasteiger partial charge is 0.415 e. The molecule has 2 aromatic heterocycles. The van der Waals surface area contributed by atoms with Gasteiger partial charge in [0.05, 0.1) is 43.7 Å². The van der Waals surface area contributed by atoms with Gasteiger partial charge in [-0.1, -0.05) is 11.6 Å². The van der Waals surface area contributed by atoms with Crippen LogP contribution in [0.25, 0.3) is 11.0 Å². The average molecular weight is 480 g/mol. The lowest BCUT2D eigenvalue weighted by molar-refractivity contribution is 0.0346. The minimum Gasteiger partial charge on any atom is -0.493 e. The predicted octanol–water partition coefficient (Wildman–Crippen LogP) is 4.45. The normalized spacial score (nSPS) is 19.8. The van der Waals surface area contributed by atoms with Crippen LogP contribution in [0.3, 0.4) is 0 Å². The summed E-state index contributed by atoms with van der Waals surface area (Å²) in [4.78, 5) is 30.8. The summed E-state index contributed by atoms with van der Waals surface area (Å²) in [5, 5.41) is 0. The average Bonchev–Trinajstić information content (AvgIpc) is 3.19. The monoisotopic (exact) mass is 479 g/mol. The lowest BCUT2D eigenvalue weighted by atomic mass is 9.82. The third-order valence-electron chi connectivity index (χ3n) is 6.82. The molecule has 35 heavy (non-hydrogen) atoms. The fraction of sp³-hybridized carbons (Fsp3) is 0.346. The molecular formula is C26H26FN3O5. The Balaban J connectivity index is 1.29. The highest BCUT2D eigenvalue weighted by atomic mass is 19.1. The molecule has 182 valence electrons. The largest absolute Gasteiger partial charge is 0.493 e. The highest BCUT2D eigenvalue weighted by molar-refractivity contribution is 5.90. The van der Waals surface area contributed by atoms with Crippen LogP contribution < -0.4 is 19.9 Å². The Hall–Kier alpha value is -3.88. The van der Waals surface area contributed by atoms with Crippen molar-refractivity contribution < 1.29 is 23.4 Å². The number of benzene rings is 1. The minimum absolute atomic E-state index is 0.204. The molecule has 1 aromatic carbocycles. The number of ether oxygens (including phenoxy) is 3. The highest BCUT2D eigenvalue weighted by Crippen LogP contribution is 2.42. The fourth-order valence-corrected chi connectivity index (χ4v) is 4.86. The Morgan fingerprint density at radius 2 is 1.86 bits per heavy atom. The Morgan fingerprint density at radius 3 is 2.60 bits per heavy atom. The lowest BCUT2D eigenvalue weighted by Gasteiger charge is -2.32. The van der Waals surface area contributed by atoms with Crippen LogP contribution in [0, 0.1) is 5.82 Å². The van der Waals surface area contributed by atoms with Gasteiger partial charge in [0.15, 0.2) is 11.5 Å². The Bertz CT molecular complexity index is 1370. The maximum Gasteiger partial charge on any atom is 0.415 e. The van der Waals surface area contributed by atoms with Crippen LogP contribution in [-0.2, 0) is 11.3 Å². The number of amides is 1. The zero-order valence-electron chi connectivity index (χ0n) is 19.6. The standard InChI is InChI=1S/C26H26FN3O5/c1-33-22-5-3-19(14-23(22)34-2)30-16-26(35-25(30)32)10-7-17(8-11-26)9-12-29-21-13-18(27)15-28-20(21)4-6-24(29)31/h3-6,9,13-15H,7-8,10-12,16H2,1-2H3. The van der Waals surface area contributed by atoms with Crippen LogP contribution in [-0.4, -0.2) is 42.0 Å². The Labute approximate surface area is 201 Å². The molecule has 2 fully saturated rings. The number of methoxy groups -OCH3 is 2. The van der Waals surface area contributed by atoms with Crippen LogP contribution in [0.2, 0.25) is 0 Å². The fourth-order valence-electron chi connectivity index (χ4n) is 4.86. The second kappa shape index (κ2) is 9.05. The molecule has 8 nitrogen and oxygen atoms in total. The third-order valence-corrected chi connectivity index (χ3v) is 6.82. The van der Waals surface area contributed by atoms with Gasteiger partial charge in [-0.2, -0.15) is 0 Å². The van der Waals surface area contributed by atoms with Crippen LogP contribution in [0.15, 0.2) is 59.0 Å². The first kappa shape index (κ1) is 22.9. The topological polar surface area (TPSA) is 82.9 Å². The van der Waals surface area contributed by atoms with E-state index in [9.17, 15) is 14.0 Å². The van der Waals surface area contributed by atoms with Gasteiger partial charge in [-0.15, -0.1) is 0 Å². The van der Waals surface area contributed by atoms with Crippen molar-refractivity contribution in [1.29, 1.82) is 0 Å². The van der Waals surface area contributed by atoms with E-state index in [1.54, 1.807) is 37.3 Å². The second-order valence-electron chi connectivity index (χ2n) is 8.88. The first-order chi connectivity index (χ1) is 16.9. The third kappa shape index (κ3) is 4.34. The van der Waals surface area contributed by atoms with Gasteiger partial charge in [0.1, 0.15) is 11.4 Å². The van der Waals surface area contributed by atoms with Crippen molar-refractivity contribution in [3.63, 3.8) is 0 Å². The van der Waals surface area contributed by atoms with Crippen molar-refractivity contribution >= 4 is 22.8 Å².